The fourth-order valence-electron chi connectivity index (χ4n) is 4.29. The molecule has 9 heteroatoms. The van der Waals surface area contributed by atoms with Crippen LogP contribution in [0.25, 0.3) is 11.3 Å². The molecular formula is C26H27N7OS. The number of carbonyl (C=O) groups is 1. The molecule has 0 aliphatic carbocycles. The van der Waals surface area contributed by atoms with Crippen LogP contribution in [0.3, 0.4) is 0 Å². The highest BCUT2D eigenvalue weighted by Gasteiger charge is 2.25. The first-order valence-corrected chi connectivity index (χ1v) is 12.5. The van der Waals surface area contributed by atoms with Crippen molar-refractivity contribution < 1.29 is 4.79 Å². The molecule has 0 radical (unpaired) electrons. The Labute approximate surface area is 208 Å². The summed E-state index contributed by atoms with van der Waals surface area (Å²) >= 11 is 1.81. The third kappa shape index (κ3) is 5.14. The number of anilines is 3. The van der Waals surface area contributed by atoms with Gasteiger partial charge in [-0.25, -0.2) is 15.0 Å². The maximum atomic E-state index is 11.9. The molecule has 1 amide bonds. The van der Waals surface area contributed by atoms with Crippen LogP contribution in [0, 0.1) is 6.92 Å². The molecule has 1 aliphatic rings. The number of nitrogens with one attached hydrogen (secondary N) is 2. The lowest BCUT2D eigenvalue weighted by Crippen LogP contribution is -2.34. The summed E-state index contributed by atoms with van der Waals surface area (Å²) in [6.45, 7) is 3.88. The monoisotopic (exact) mass is 485 g/mol. The quantitative estimate of drug-likeness (QED) is 0.405. The molecule has 0 spiro atoms. The third-order valence-corrected chi connectivity index (χ3v) is 7.29. The second-order valence-corrected chi connectivity index (χ2v) is 9.71. The lowest BCUT2D eigenvalue weighted by Gasteiger charge is -2.31. The molecule has 2 aromatic carbocycles. The second-order valence-electron chi connectivity index (χ2n) is 8.48. The van der Waals surface area contributed by atoms with Gasteiger partial charge in [0.1, 0.15) is 6.33 Å². The highest BCUT2D eigenvalue weighted by Crippen LogP contribution is 2.36. The van der Waals surface area contributed by atoms with Crippen molar-refractivity contribution in [3.05, 3.63) is 76.4 Å². The Morgan fingerprint density at radius 3 is 2.60 bits per heavy atom. The summed E-state index contributed by atoms with van der Waals surface area (Å²) in [4.78, 5) is 33.7. The van der Waals surface area contributed by atoms with Crippen molar-refractivity contribution in [1.82, 2.24) is 25.3 Å². The van der Waals surface area contributed by atoms with E-state index < -0.39 is 0 Å². The van der Waals surface area contributed by atoms with E-state index in [0.717, 1.165) is 37.3 Å². The molecule has 8 nitrogen and oxygen atoms in total. The highest BCUT2D eigenvalue weighted by atomic mass is 32.1. The number of carbonyl (C=O) groups excluding carboxylic acids is 1. The van der Waals surface area contributed by atoms with E-state index in [9.17, 15) is 4.79 Å². The minimum Gasteiger partial charge on any atom is -0.355 e. The molecule has 5 rings (SSSR count). The molecular weight excluding hydrogens is 458 g/mol. The maximum absolute atomic E-state index is 11.9. The fraction of sp³-hybridized carbons (Fsp3) is 0.269. The van der Waals surface area contributed by atoms with Crippen LogP contribution in [-0.4, -0.2) is 46.0 Å². The predicted octanol–water partition coefficient (Wildman–Crippen LogP) is 4.79. The zero-order valence-corrected chi connectivity index (χ0v) is 20.5. The lowest BCUT2D eigenvalue weighted by atomic mass is 9.98. The van der Waals surface area contributed by atoms with E-state index in [0.29, 0.717) is 23.4 Å². The average molecular weight is 486 g/mol. The second kappa shape index (κ2) is 10.2. The van der Waals surface area contributed by atoms with Gasteiger partial charge in [0.25, 0.3) is 5.91 Å². The number of aromatic nitrogens is 4. The zero-order chi connectivity index (χ0) is 24.2. The van der Waals surface area contributed by atoms with Crippen molar-refractivity contribution in [3.8, 4) is 11.3 Å². The summed E-state index contributed by atoms with van der Waals surface area (Å²) < 4.78 is 0. The van der Waals surface area contributed by atoms with Gasteiger partial charge in [0.15, 0.2) is 0 Å². The van der Waals surface area contributed by atoms with Gasteiger partial charge in [0, 0.05) is 47.7 Å². The third-order valence-electron chi connectivity index (χ3n) is 6.15. The van der Waals surface area contributed by atoms with Gasteiger partial charge in [-0.15, -0.1) is 11.3 Å². The van der Waals surface area contributed by atoms with E-state index in [2.05, 4.69) is 61.7 Å². The number of hydrogen-bond acceptors (Lipinski definition) is 8. The lowest BCUT2D eigenvalue weighted by molar-refractivity contribution is 0.0963. The summed E-state index contributed by atoms with van der Waals surface area (Å²) in [5.74, 6) is 1.41. The van der Waals surface area contributed by atoms with Crippen molar-refractivity contribution in [2.45, 2.75) is 25.7 Å². The van der Waals surface area contributed by atoms with Gasteiger partial charge in [0.2, 0.25) is 11.9 Å². The Balaban J connectivity index is 1.24. The maximum Gasteiger partial charge on any atom is 0.251 e. The average Bonchev–Trinajstić information content (AvgIpc) is 3.30. The van der Waals surface area contributed by atoms with Crippen molar-refractivity contribution in [3.63, 3.8) is 0 Å². The zero-order valence-electron chi connectivity index (χ0n) is 19.7. The Morgan fingerprint density at radius 1 is 1.03 bits per heavy atom. The smallest absolute Gasteiger partial charge is 0.251 e. The van der Waals surface area contributed by atoms with Gasteiger partial charge in [-0.1, -0.05) is 36.4 Å². The summed E-state index contributed by atoms with van der Waals surface area (Å²) in [5.41, 5.74) is 3.59. The molecule has 0 saturated carbocycles. The van der Waals surface area contributed by atoms with E-state index in [-0.39, 0.29) is 5.91 Å². The molecule has 1 saturated heterocycles. The summed E-state index contributed by atoms with van der Waals surface area (Å²) in [6, 6.07) is 17.6. The van der Waals surface area contributed by atoms with Crippen molar-refractivity contribution in [2.75, 3.05) is 30.4 Å². The first-order chi connectivity index (χ1) is 17.1. The highest BCUT2D eigenvalue weighted by molar-refractivity contribution is 7.12. The molecule has 0 bridgehead atoms. The van der Waals surface area contributed by atoms with E-state index >= 15 is 0 Å². The number of amides is 1. The minimum atomic E-state index is -0.140. The molecule has 3 heterocycles. The predicted molar refractivity (Wildman–Crippen MR) is 139 cm³/mol. The molecule has 2 N–H and O–H groups in total. The van der Waals surface area contributed by atoms with Crippen LogP contribution < -0.4 is 15.5 Å². The van der Waals surface area contributed by atoms with Gasteiger partial charge in [-0.3, -0.25) is 4.79 Å². The molecule has 178 valence electrons. The largest absolute Gasteiger partial charge is 0.355 e. The molecule has 1 aliphatic heterocycles. The van der Waals surface area contributed by atoms with Gasteiger partial charge in [-0.2, -0.15) is 4.98 Å². The van der Waals surface area contributed by atoms with Crippen molar-refractivity contribution in [2.24, 2.45) is 0 Å². The SMILES string of the molecule is CNC(=O)c1cccc(Nc2ncnc(N3CCC(c4nc(-c5ccccc5)c(C)s4)CC3)n2)c1. The van der Waals surface area contributed by atoms with Crippen LogP contribution in [-0.2, 0) is 0 Å². The van der Waals surface area contributed by atoms with Crippen LogP contribution in [0.2, 0.25) is 0 Å². The normalized spacial score (nSPS) is 14.1. The summed E-state index contributed by atoms with van der Waals surface area (Å²) in [6.07, 6.45) is 3.53. The topological polar surface area (TPSA) is 95.9 Å². The standard InChI is InChI=1S/C26H27N7OS/c1-17-22(18-7-4-3-5-8-18)31-24(35-17)19-11-13-33(14-12-19)26-29-16-28-25(32-26)30-21-10-6-9-20(15-21)23(34)27-2/h3-10,15-16,19H,11-14H2,1-2H3,(H,27,34)(H,28,29,30,32). The van der Waals surface area contributed by atoms with Crippen LogP contribution in [0.5, 0.6) is 0 Å². The molecule has 1 fully saturated rings. The molecule has 2 aromatic heterocycles. The van der Waals surface area contributed by atoms with E-state index in [1.165, 1.54) is 21.8 Å². The summed E-state index contributed by atoms with van der Waals surface area (Å²) in [7, 11) is 1.61. The summed E-state index contributed by atoms with van der Waals surface area (Å²) in [5, 5.41) is 7.04. The number of benzene rings is 2. The fourth-order valence-corrected chi connectivity index (χ4v) is 5.41. The number of nitrogens with zero attached hydrogens (tertiary/aromatic N) is 5. The number of thiazole rings is 1. The molecule has 35 heavy (non-hydrogen) atoms. The van der Waals surface area contributed by atoms with E-state index in [1.807, 2.05) is 29.5 Å². The molecule has 0 unspecified atom stereocenters. The van der Waals surface area contributed by atoms with Gasteiger partial charge in [0.05, 0.1) is 10.7 Å². The minimum absolute atomic E-state index is 0.140. The van der Waals surface area contributed by atoms with E-state index in [1.54, 1.807) is 19.2 Å². The van der Waals surface area contributed by atoms with Crippen molar-refractivity contribution >= 4 is 34.8 Å². The van der Waals surface area contributed by atoms with Crippen LogP contribution >= 0.6 is 11.3 Å². The molecule has 0 atom stereocenters. The van der Waals surface area contributed by atoms with Crippen LogP contribution in [0.15, 0.2) is 60.9 Å². The van der Waals surface area contributed by atoms with Crippen LogP contribution in [0.4, 0.5) is 17.6 Å². The Kier molecular flexibility index (Phi) is 6.67. The number of hydrogen-bond donors (Lipinski definition) is 2. The van der Waals surface area contributed by atoms with Crippen LogP contribution in [0.1, 0.15) is 39.0 Å². The number of rotatable bonds is 6. The first-order valence-electron chi connectivity index (χ1n) is 11.7. The Hall–Kier alpha value is -3.85. The molecule has 4 aromatic rings. The van der Waals surface area contributed by atoms with E-state index in [4.69, 9.17) is 4.98 Å². The van der Waals surface area contributed by atoms with Crippen molar-refractivity contribution in [1.29, 1.82) is 0 Å². The van der Waals surface area contributed by atoms with Gasteiger partial charge in [-0.05, 0) is 38.0 Å². The Morgan fingerprint density at radius 2 is 1.83 bits per heavy atom. The first kappa shape index (κ1) is 22.9. The Bertz CT molecular complexity index is 1320. The number of aryl methyl sites for hydroxylation is 1. The van der Waals surface area contributed by atoms with Gasteiger partial charge < -0.3 is 15.5 Å². The van der Waals surface area contributed by atoms with Gasteiger partial charge >= 0.3 is 0 Å². The number of piperidine rings is 1.